The molecule has 0 aliphatic carbocycles. The molecule has 146 valence electrons. The Labute approximate surface area is 157 Å². The lowest BCUT2D eigenvalue weighted by Gasteiger charge is -2.16. The number of hydrogen-bond donors (Lipinski definition) is 3. The van der Waals surface area contributed by atoms with Crippen LogP contribution in [0.4, 0.5) is 0 Å². The van der Waals surface area contributed by atoms with Crippen molar-refractivity contribution in [2.45, 2.75) is 13.3 Å². The molecule has 0 aromatic heterocycles. The zero-order valence-electron chi connectivity index (χ0n) is 16.3. The van der Waals surface area contributed by atoms with Gasteiger partial charge in [0.05, 0.1) is 6.54 Å². The number of hydrogen-bond acceptors (Lipinski definition) is 4. The highest BCUT2D eigenvalue weighted by Gasteiger charge is 2.03. The summed E-state index contributed by atoms with van der Waals surface area (Å²) in [5, 5.41) is 9.35. The van der Waals surface area contributed by atoms with Gasteiger partial charge >= 0.3 is 0 Å². The molecule has 1 rings (SSSR count). The summed E-state index contributed by atoms with van der Waals surface area (Å²) in [5.41, 5.74) is 0.671. The number of carbonyl (C=O) groups is 1. The molecule has 0 fully saturated rings. The van der Waals surface area contributed by atoms with Crippen molar-refractivity contribution in [3.8, 4) is 0 Å². The maximum atomic E-state index is 12.0. The SMILES string of the molecule is CCNC(=NCCN(C)CCCOC)NCCNC(=O)c1ccccc1. The van der Waals surface area contributed by atoms with E-state index in [1.54, 1.807) is 19.2 Å². The van der Waals surface area contributed by atoms with E-state index in [4.69, 9.17) is 4.74 Å². The molecular formula is C19H33N5O2. The number of aliphatic imine (C=N–C) groups is 1. The fourth-order valence-electron chi connectivity index (χ4n) is 2.31. The van der Waals surface area contributed by atoms with Crippen molar-refractivity contribution in [2.75, 3.05) is 60.0 Å². The summed E-state index contributed by atoms with van der Waals surface area (Å²) < 4.78 is 5.06. The Kier molecular flexibility index (Phi) is 11.9. The third-order valence-corrected chi connectivity index (χ3v) is 3.72. The molecule has 0 heterocycles. The van der Waals surface area contributed by atoms with Crippen LogP contribution >= 0.6 is 0 Å². The first kappa shape index (κ1) is 21.9. The van der Waals surface area contributed by atoms with Crippen molar-refractivity contribution < 1.29 is 9.53 Å². The molecule has 0 saturated heterocycles. The summed E-state index contributed by atoms with van der Waals surface area (Å²) in [6, 6.07) is 9.21. The van der Waals surface area contributed by atoms with E-state index < -0.39 is 0 Å². The van der Waals surface area contributed by atoms with Crippen LogP contribution in [0.2, 0.25) is 0 Å². The van der Waals surface area contributed by atoms with E-state index in [2.05, 4.69) is 32.9 Å². The van der Waals surface area contributed by atoms with Gasteiger partial charge in [0.2, 0.25) is 0 Å². The van der Waals surface area contributed by atoms with Gasteiger partial charge in [-0.2, -0.15) is 0 Å². The molecule has 26 heavy (non-hydrogen) atoms. The molecule has 1 aromatic carbocycles. The monoisotopic (exact) mass is 363 g/mol. The first-order valence-corrected chi connectivity index (χ1v) is 9.20. The van der Waals surface area contributed by atoms with Crippen molar-refractivity contribution >= 4 is 11.9 Å². The molecule has 0 bridgehead atoms. The second-order valence-electron chi connectivity index (χ2n) is 5.96. The van der Waals surface area contributed by atoms with Crippen LogP contribution < -0.4 is 16.0 Å². The average Bonchev–Trinajstić information content (AvgIpc) is 2.66. The van der Waals surface area contributed by atoms with Crippen LogP contribution in [0.5, 0.6) is 0 Å². The molecule has 3 N–H and O–H groups in total. The predicted molar refractivity (Wildman–Crippen MR) is 107 cm³/mol. The minimum Gasteiger partial charge on any atom is -0.385 e. The van der Waals surface area contributed by atoms with E-state index >= 15 is 0 Å². The number of guanidine groups is 1. The highest BCUT2D eigenvalue weighted by Crippen LogP contribution is 1.97. The number of likely N-dealkylation sites (N-methyl/N-ethyl adjacent to an activating group) is 1. The summed E-state index contributed by atoms with van der Waals surface area (Å²) in [6.45, 7) is 7.38. The van der Waals surface area contributed by atoms with E-state index in [0.29, 0.717) is 18.7 Å². The smallest absolute Gasteiger partial charge is 0.251 e. The second kappa shape index (κ2) is 14.1. The van der Waals surface area contributed by atoms with Crippen molar-refractivity contribution in [3.05, 3.63) is 35.9 Å². The summed E-state index contributed by atoms with van der Waals surface area (Å²) in [7, 11) is 3.81. The van der Waals surface area contributed by atoms with Crippen LogP contribution in [0.1, 0.15) is 23.7 Å². The third-order valence-electron chi connectivity index (χ3n) is 3.72. The lowest BCUT2D eigenvalue weighted by molar-refractivity contribution is 0.0954. The van der Waals surface area contributed by atoms with Gasteiger partial charge in [0.15, 0.2) is 5.96 Å². The van der Waals surface area contributed by atoms with E-state index in [-0.39, 0.29) is 5.91 Å². The summed E-state index contributed by atoms with van der Waals surface area (Å²) in [6.07, 6.45) is 1.02. The molecule has 0 unspecified atom stereocenters. The normalized spacial score (nSPS) is 11.5. The maximum absolute atomic E-state index is 12.0. The number of benzene rings is 1. The van der Waals surface area contributed by atoms with Crippen molar-refractivity contribution in [1.82, 2.24) is 20.9 Å². The van der Waals surface area contributed by atoms with Gasteiger partial charge in [-0.15, -0.1) is 0 Å². The summed E-state index contributed by atoms with van der Waals surface area (Å²) >= 11 is 0. The first-order chi connectivity index (χ1) is 12.7. The topological polar surface area (TPSA) is 78.0 Å². The van der Waals surface area contributed by atoms with Crippen molar-refractivity contribution in [1.29, 1.82) is 0 Å². The number of rotatable bonds is 12. The summed E-state index contributed by atoms with van der Waals surface area (Å²) in [5.74, 6) is 0.707. The Balaban J connectivity index is 2.26. The van der Waals surface area contributed by atoms with Gasteiger partial charge < -0.3 is 25.6 Å². The van der Waals surface area contributed by atoms with E-state index in [1.807, 2.05) is 25.1 Å². The van der Waals surface area contributed by atoms with E-state index in [1.165, 1.54) is 0 Å². The van der Waals surface area contributed by atoms with Gasteiger partial charge in [0, 0.05) is 52.0 Å². The van der Waals surface area contributed by atoms with Gasteiger partial charge in [0.1, 0.15) is 0 Å². The van der Waals surface area contributed by atoms with Gasteiger partial charge in [-0.05, 0) is 32.5 Å². The largest absolute Gasteiger partial charge is 0.385 e. The van der Waals surface area contributed by atoms with Gasteiger partial charge in [-0.3, -0.25) is 9.79 Å². The molecule has 7 nitrogen and oxygen atoms in total. The molecule has 1 amide bonds. The first-order valence-electron chi connectivity index (χ1n) is 9.20. The Morgan fingerprint density at radius 1 is 1.12 bits per heavy atom. The molecular weight excluding hydrogens is 330 g/mol. The maximum Gasteiger partial charge on any atom is 0.251 e. The molecule has 0 aliphatic rings. The number of nitrogens with zero attached hydrogens (tertiary/aromatic N) is 2. The van der Waals surface area contributed by atoms with Crippen LogP contribution in [0.25, 0.3) is 0 Å². The van der Waals surface area contributed by atoms with E-state index in [0.717, 1.165) is 45.2 Å². The fourth-order valence-corrected chi connectivity index (χ4v) is 2.31. The second-order valence-corrected chi connectivity index (χ2v) is 5.96. The van der Waals surface area contributed by atoms with Crippen LogP contribution in [0, 0.1) is 0 Å². The van der Waals surface area contributed by atoms with Gasteiger partial charge in [-0.25, -0.2) is 0 Å². The number of carbonyl (C=O) groups excluding carboxylic acids is 1. The molecule has 0 saturated carbocycles. The van der Waals surface area contributed by atoms with Gasteiger partial charge in [-0.1, -0.05) is 18.2 Å². The minimum atomic E-state index is -0.0629. The predicted octanol–water partition coefficient (Wildman–Crippen LogP) is 0.940. The van der Waals surface area contributed by atoms with Crippen molar-refractivity contribution in [2.24, 2.45) is 4.99 Å². The minimum absolute atomic E-state index is 0.0629. The Morgan fingerprint density at radius 2 is 1.85 bits per heavy atom. The highest BCUT2D eigenvalue weighted by atomic mass is 16.5. The number of ether oxygens (including phenoxy) is 1. The molecule has 0 aliphatic heterocycles. The lowest BCUT2D eigenvalue weighted by Crippen LogP contribution is -2.42. The molecule has 1 aromatic rings. The molecule has 0 radical (unpaired) electrons. The standard InChI is InChI=1S/C19H33N5O2/c1-4-20-19(23-13-15-24(2)14-8-16-26-3)22-12-11-21-18(25)17-9-6-5-7-10-17/h5-7,9-10H,4,8,11-16H2,1-3H3,(H,21,25)(H2,20,22,23). The third kappa shape index (κ3) is 10.0. The van der Waals surface area contributed by atoms with Crippen molar-refractivity contribution in [3.63, 3.8) is 0 Å². The Bertz CT molecular complexity index is 522. The Hall–Kier alpha value is -2.12. The molecule has 0 spiro atoms. The highest BCUT2D eigenvalue weighted by molar-refractivity contribution is 5.94. The van der Waals surface area contributed by atoms with Crippen LogP contribution in [0.3, 0.4) is 0 Å². The molecule has 7 heteroatoms. The lowest BCUT2D eigenvalue weighted by atomic mass is 10.2. The number of amides is 1. The quantitative estimate of drug-likeness (QED) is 0.293. The van der Waals surface area contributed by atoms with Crippen LogP contribution in [0.15, 0.2) is 35.3 Å². The van der Waals surface area contributed by atoms with Gasteiger partial charge in [0.25, 0.3) is 5.91 Å². The average molecular weight is 364 g/mol. The molecule has 0 atom stereocenters. The zero-order chi connectivity index (χ0) is 19.0. The summed E-state index contributed by atoms with van der Waals surface area (Å²) in [4.78, 5) is 18.8. The Morgan fingerprint density at radius 3 is 2.54 bits per heavy atom. The van der Waals surface area contributed by atoms with E-state index in [9.17, 15) is 4.79 Å². The van der Waals surface area contributed by atoms with Crippen LogP contribution in [-0.4, -0.2) is 76.8 Å². The fraction of sp³-hybridized carbons (Fsp3) is 0.579. The van der Waals surface area contributed by atoms with Crippen LogP contribution in [-0.2, 0) is 4.74 Å². The number of nitrogens with one attached hydrogen (secondary N) is 3. The number of methoxy groups -OCH3 is 1. The zero-order valence-corrected chi connectivity index (χ0v) is 16.3.